The largest absolute Gasteiger partial charge is 0.384 e. The fourth-order valence-corrected chi connectivity index (χ4v) is 2.57. The Kier molecular flexibility index (Phi) is 6.28. The molecule has 0 unspecified atom stereocenters. The minimum Gasteiger partial charge on any atom is -0.384 e. The zero-order valence-corrected chi connectivity index (χ0v) is 11.7. The highest BCUT2D eigenvalue weighted by Crippen LogP contribution is 2.16. The number of nitrogens with zero attached hydrogens (tertiary/aromatic N) is 1. The quantitative estimate of drug-likeness (QED) is 0.813. The summed E-state index contributed by atoms with van der Waals surface area (Å²) in [6.07, 6.45) is 0. The van der Waals surface area contributed by atoms with Gasteiger partial charge in [0.2, 0.25) is 0 Å². The molecule has 0 radical (unpaired) electrons. The number of hydrogen-bond donors (Lipinski definition) is 1. The van der Waals surface area contributed by atoms with E-state index in [1.54, 1.807) is 11.3 Å². The molecule has 0 saturated carbocycles. The Bertz CT molecular complexity index is 386. The van der Waals surface area contributed by atoms with Crippen LogP contribution in [0.15, 0.2) is 11.4 Å². The summed E-state index contributed by atoms with van der Waals surface area (Å²) in [4.78, 5) is 3.79. The Morgan fingerprint density at radius 2 is 2.24 bits per heavy atom. The van der Waals surface area contributed by atoms with Crippen molar-refractivity contribution in [2.24, 2.45) is 5.92 Å². The molecule has 0 aliphatic rings. The van der Waals surface area contributed by atoms with Crippen LogP contribution in [0, 0.1) is 17.8 Å². The molecule has 1 aromatic heterocycles. The van der Waals surface area contributed by atoms with Crippen LogP contribution in [0.2, 0.25) is 0 Å². The molecule has 1 aromatic rings. The minimum atomic E-state index is -0.0698. The second kappa shape index (κ2) is 7.50. The van der Waals surface area contributed by atoms with E-state index in [0.29, 0.717) is 5.92 Å². The Hall–Kier alpha value is -0.820. The molecule has 1 rings (SSSR count). The first-order chi connectivity index (χ1) is 8.15. The van der Waals surface area contributed by atoms with Crippen LogP contribution in [-0.2, 0) is 6.54 Å². The zero-order valence-electron chi connectivity index (χ0n) is 10.9. The van der Waals surface area contributed by atoms with Crippen LogP contribution >= 0.6 is 11.3 Å². The lowest BCUT2D eigenvalue weighted by atomic mass is 10.2. The molecule has 0 aromatic carbocycles. The number of rotatable bonds is 5. The molecule has 0 aliphatic carbocycles. The molecule has 17 heavy (non-hydrogen) atoms. The summed E-state index contributed by atoms with van der Waals surface area (Å²) in [6.45, 7) is 9.83. The van der Waals surface area contributed by atoms with Gasteiger partial charge in [0, 0.05) is 28.9 Å². The summed E-state index contributed by atoms with van der Waals surface area (Å²) in [5.74, 6) is 6.31. The van der Waals surface area contributed by atoms with Gasteiger partial charge in [-0.25, -0.2) is 0 Å². The van der Waals surface area contributed by atoms with Gasteiger partial charge < -0.3 is 5.11 Å². The smallest absolute Gasteiger partial charge is 0.104 e. The summed E-state index contributed by atoms with van der Waals surface area (Å²) >= 11 is 1.74. The fourth-order valence-electron chi connectivity index (χ4n) is 1.71. The molecule has 0 fully saturated rings. The third-order valence-corrected chi connectivity index (χ3v) is 3.34. The van der Waals surface area contributed by atoms with E-state index in [-0.39, 0.29) is 6.61 Å². The van der Waals surface area contributed by atoms with Crippen molar-refractivity contribution in [1.29, 1.82) is 0 Å². The van der Waals surface area contributed by atoms with Crippen LogP contribution < -0.4 is 0 Å². The van der Waals surface area contributed by atoms with E-state index in [2.05, 4.69) is 49.0 Å². The standard InChI is InChI=1S/C14H21NOS/c1-4-15(9-12(2)3)10-14-8-13(11-17-14)6-5-7-16/h8,11-12,16H,4,7,9-10H2,1-3H3. The van der Waals surface area contributed by atoms with Crippen molar-refractivity contribution in [3.05, 3.63) is 21.9 Å². The maximum atomic E-state index is 8.64. The second-order valence-electron chi connectivity index (χ2n) is 4.48. The van der Waals surface area contributed by atoms with E-state index in [4.69, 9.17) is 5.11 Å². The molecule has 0 aliphatic heterocycles. The number of aliphatic hydroxyl groups excluding tert-OH is 1. The van der Waals surface area contributed by atoms with Gasteiger partial charge in [0.05, 0.1) is 0 Å². The summed E-state index contributed by atoms with van der Waals surface area (Å²) in [5.41, 5.74) is 1.01. The monoisotopic (exact) mass is 251 g/mol. The van der Waals surface area contributed by atoms with Crippen LogP contribution in [0.5, 0.6) is 0 Å². The Morgan fingerprint density at radius 1 is 1.47 bits per heavy atom. The molecule has 0 amide bonds. The van der Waals surface area contributed by atoms with Crippen molar-refractivity contribution in [2.75, 3.05) is 19.7 Å². The molecule has 94 valence electrons. The van der Waals surface area contributed by atoms with E-state index < -0.39 is 0 Å². The molecule has 0 atom stereocenters. The third-order valence-electron chi connectivity index (χ3n) is 2.42. The first-order valence-electron chi connectivity index (χ1n) is 6.05. The number of aliphatic hydroxyl groups is 1. The van der Waals surface area contributed by atoms with Crippen LogP contribution in [0.4, 0.5) is 0 Å². The highest BCUT2D eigenvalue weighted by molar-refractivity contribution is 7.10. The summed E-state index contributed by atoms with van der Waals surface area (Å²) in [6, 6.07) is 2.12. The Labute approximate surface area is 108 Å². The van der Waals surface area contributed by atoms with Crippen LogP contribution in [0.1, 0.15) is 31.2 Å². The lowest BCUT2D eigenvalue weighted by Crippen LogP contribution is -2.26. The topological polar surface area (TPSA) is 23.5 Å². The lowest BCUT2D eigenvalue weighted by molar-refractivity contribution is 0.250. The van der Waals surface area contributed by atoms with Crippen molar-refractivity contribution in [1.82, 2.24) is 4.90 Å². The molecule has 1 N–H and O–H groups in total. The predicted molar refractivity (Wildman–Crippen MR) is 74.1 cm³/mol. The third kappa shape index (κ3) is 5.36. The van der Waals surface area contributed by atoms with E-state index in [1.807, 2.05) is 0 Å². The maximum absolute atomic E-state index is 8.64. The zero-order chi connectivity index (χ0) is 12.7. The molecule has 1 heterocycles. The molecular weight excluding hydrogens is 230 g/mol. The Balaban J connectivity index is 2.58. The van der Waals surface area contributed by atoms with E-state index >= 15 is 0 Å². The molecular formula is C14H21NOS. The number of thiophene rings is 1. The van der Waals surface area contributed by atoms with Gasteiger partial charge in [0.25, 0.3) is 0 Å². The number of hydrogen-bond acceptors (Lipinski definition) is 3. The lowest BCUT2D eigenvalue weighted by Gasteiger charge is -2.21. The van der Waals surface area contributed by atoms with Gasteiger partial charge >= 0.3 is 0 Å². The average molecular weight is 251 g/mol. The van der Waals surface area contributed by atoms with Gasteiger partial charge in [-0.15, -0.1) is 11.3 Å². The maximum Gasteiger partial charge on any atom is 0.104 e. The predicted octanol–water partition coefficient (Wildman–Crippen LogP) is 2.57. The van der Waals surface area contributed by atoms with Gasteiger partial charge in [-0.3, -0.25) is 4.90 Å². The SMILES string of the molecule is CCN(Cc1cc(C#CCO)cs1)CC(C)C. The van der Waals surface area contributed by atoms with Gasteiger partial charge in [-0.1, -0.05) is 32.6 Å². The molecule has 3 heteroatoms. The summed E-state index contributed by atoms with van der Waals surface area (Å²) < 4.78 is 0. The van der Waals surface area contributed by atoms with Gasteiger partial charge in [-0.05, 0) is 18.5 Å². The van der Waals surface area contributed by atoms with Crippen molar-refractivity contribution in [3.63, 3.8) is 0 Å². The van der Waals surface area contributed by atoms with Gasteiger partial charge in [-0.2, -0.15) is 0 Å². The van der Waals surface area contributed by atoms with E-state index in [1.165, 1.54) is 4.88 Å². The first-order valence-corrected chi connectivity index (χ1v) is 6.93. The van der Waals surface area contributed by atoms with Crippen molar-refractivity contribution in [2.45, 2.75) is 27.3 Å². The van der Waals surface area contributed by atoms with Gasteiger partial charge in [0.15, 0.2) is 0 Å². The molecule has 2 nitrogen and oxygen atoms in total. The first kappa shape index (κ1) is 14.2. The molecule has 0 spiro atoms. The molecule has 0 bridgehead atoms. The van der Waals surface area contributed by atoms with Gasteiger partial charge in [0.1, 0.15) is 6.61 Å². The Morgan fingerprint density at radius 3 is 2.82 bits per heavy atom. The van der Waals surface area contributed by atoms with Crippen LogP contribution in [0.25, 0.3) is 0 Å². The van der Waals surface area contributed by atoms with Crippen LogP contribution in [-0.4, -0.2) is 29.7 Å². The summed E-state index contributed by atoms with van der Waals surface area (Å²) in [5, 5.41) is 10.7. The average Bonchev–Trinajstić information content (AvgIpc) is 2.72. The second-order valence-corrected chi connectivity index (χ2v) is 5.48. The highest BCUT2D eigenvalue weighted by atomic mass is 32.1. The molecule has 0 saturated heterocycles. The van der Waals surface area contributed by atoms with Crippen molar-refractivity contribution >= 4 is 11.3 Å². The van der Waals surface area contributed by atoms with Crippen LogP contribution in [0.3, 0.4) is 0 Å². The normalized spacial score (nSPS) is 10.7. The van der Waals surface area contributed by atoms with E-state index in [9.17, 15) is 0 Å². The summed E-state index contributed by atoms with van der Waals surface area (Å²) in [7, 11) is 0. The van der Waals surface area contributed by atoms with Crippen molar-refractivity contribution < 1.29 is 5.11 Å². The van der Waals surface area contributed by atoms with E-state index in [0.717, 1.165) is 25.2 Å². The fraction of sp³-hybridized carbons (Fsp3) is 0.571. The highest BCUT2D eigenvalue weighted by Gasteiger charge is 2.07. The minimum absolute atomic E-state index is 0.0698. The van der Waals surface area contributed by atoms with Crippen molar-refractivity contribution in [3.8, 4) is 11.8 Å².